The normalized spacial score (nSPS) is 11.2. The zero-order valence-corrected chi connectivity index (χ0v) is 13.8. The van der Waals surface area contributed by atoms with Gasteiger partial charge in [-0.3, -0.25) is 9.89 Å². The maximum absolute atomic E-state index is 12.6. The molecule has 0 spiro atoms. The lowest BCUT2D eigenvalue weighted by atomic mass is 10.1. The minimum Gasteiger partial charge on any atom is -0.420 e. The summed E-state index contributed by atoms with van der Waals surface area (Å²) in [5.41, 5.74) is 3.81. The van der Waals surface area contributed by atoms with Gasteiger partial charge in [0, 0.05) is 35.2 Å². The third-order valence-corrected chi connectivity index (χ3v) is 3.39. The molecule has 7 nitrogen and oxygen atoms in total. The largest absolute Gasteiger partial charge is 0.487 e. The SMILES string of the molecule is Nc1ncc(C(=O)Nc2ccc(OC(F)(F)Cl)cc2)cc1-c1ccn[nH]1. The summed E-state index contributed by atoms with van der Waals surface area (Å²) in [6, 6.07) is 8.57. The molecule has 0 radical (unpaired) electrons. The van der Waals surface area contributed by atoms with Gasteiger partial charge in [0.05, 0.1) is 11.3 Å². The van der Waals surface area contributed by atoms with Gasteiger partial charge in [0.25, 0.3) is 5.91 Å². The number of H-pyrrole nitrogens is 1. The molecular weight excluding hydrogens is 368 g/mol. The molecule has 0 aliphatic heterocycles. The van der Waals surface area contributed by atoms with Crippen LogP contribution >= 0.6 is 11.6 Å². The summed E-state index contributed by atoms with van der Waals surface area (Å²) in [5, 5.41) is 9.20. The molecule has 0 aliphatic rings. The minimum absolute atomic E-state index is 0.140. The summed E-state index contributed by atoms with van der Waals surface area (Å²) in [7, 11) is 0. The molecule has 10 heteroatoms. The fourth-order valence-corrected chi connectivity index (χ4v) is 2.25. The van der Waals surface area contributed by atoms with E-state index in [1.165, 1.54) is 30.5 Å². The zero-order chi connectivity index (χ0) is 18.7. The average Bonchev–Trinajstić information content (AvgIpc) is 3.10. The van der Waals surface area contributed by atoms with E-state index in [1.807, 2.05) is 0 Å². The fraction of sp³-hybridized carbons (Fsp3) is 0.0625. The van der Waals surface area contributed by atoms with Crippen LogP contribution in [0.2, 0.25) is 0 Å². The van der Waals surface area contributed by atoms with Gasteiger partial charge in [0.1, 0.15) is 11.6 Å². The van der Waals surface area contributed by atoms with E-state index in [1.54, 1.807) is 18.3 Å². The van der Waals surface area contributed by atoms with Crippen molar-refractivity contribution in [1.29, 1.82) is 0 Å². The number of pyridine rings is 1. The Morgan fingerprint density at radius 3 is 2.62 bits per heavy atom. The van der Waals surface area contributed by atoms with E-state index in [4.69, 9.17) is 17.3 Å². The molecule has 2 aromatic heterocycles. The first-order valence-electron chi connectivity index (χ1n) is 7.24. The van der Waals surface area contributed by atoms with Gasteiger partial charge in [-0.15, -0.1) is 8.78 Å². The molecule has 4 N–H and O–H groups in total. The number of hydrogen-bond acceptors (Lipinski definition) is 5. The second-order valence-corrected chi connectivity index (χ2v) is 5.59. The molecule has 0 saturated heterocycles. The van der Waals surface area contributed by atoms with E-state index in [0.717, 1.165) is 0 Å². The molecule has 2 heterocycles. The van der Waals surface area contributed by atoms with Crippen molar-refractivity contribution in [2.75, 3.05) is 11.1 Å². The number of nitrogen functional groups attached to an aromatic ring is 1. The maximum Gasteiger partial charge on any atom is 0.487 e. The molecule has 1 aromatic carbocycles. The van der Waals surface area contributed by atoms with Gasteiger partial charge >= 0.3 is 5.57 Å². The van der Waals surface area contributed by atoms with Crippen LogP contribution in [0.15, 0.2) is 48.8 Å². The molecular formula is C16H12ClF2N5O2. The Balaban J connectivity index is 1.75. The number of aromatic amines is 1. The standard InChI is InChI=1S/C16H12ClF2N5O2/c17-16(18,19)26-11-3-1-10(2-4-11)23-15(25)9-7-12(14(20)21-8-9)13-5-6-22-24-13/h1-8H,(H2,20,21)(H,22,24)(H,23,25). The van der Waals surface area contributed by atoms with Crippen molar-refractivity contribution in [3.63, 3.8) is 0 Å². The van der Waals surface area contributed by atoms with Crippen molar-refractivity contribution >= 4 is 29.0 Å². The van der Waals surface area contributed by atoms with Crippen molar-refractivity contribution < 1.29 is 18.3 Å². The van der Waals surface area contributed by atoms with Crippen LogP contribution in [0.3, 0.4) is 0 Å². The van der Waals surface area contributed by atoms with Gasteiger partial charge in [-0.05, 0) is 36.4 Å². The average molecular weight is 380 g/mol. The second-order valence-electron chi connectivity index (χ2n) is 5.15. The van der Waals surface area contributed by atoms with Crippen LogP contribution in [0.5, 0.6) is 5.75 Å². The summed E-state index contributed by atoms with van der Waals surface area (Å²) in [4.78, 5) is 16.4. The smallest absolute Gasteiger partial charge is 0.420 e. The molecule has 0 saturated carbocycles. The Labute approximate surface area is 151 Å². The Hall–Kier alpha value is -3.20. The number of nitrogens with two attached hydrogens (primary N) is 1. The van der Waals surface area contributed by atoms with Crippen LogP contribution in [0.25, 0.3) is 11.3 Å². The molecule has 0 atom stereocenters. The van der Waals surface area contributed by atoms with Gasteiger partial charge in [0.15, 0.2) is 0 Å². The monoisotopic (exact) mass is 379 g/mol. The predicted molar refractivity (Wildman–Crippen MR) is 92.1 cm³/mol. The highest BCUT2D eigenvalue weighted by Crippen LogP contribution is 2.26. The number of alkyl halides is 3. The Bertz CT molecular complexity index is 911. The lowest BCUT2D eigenvalue weighted by Crippen LogP contribution is -2.16. The van der Waals surface area contributed by atoms with Gasteiger partial charge < -0.3 is 15.8 Å². The highest BCUT2D eigenvalue weighted by Gasteiger charge is 2.27. The number of rotatable bonds is 5. The van der Waals surface area contributed by atoms with E-state index < -0.39 is 11.5 Å². The maximum atomic E-state index is 12.6. The highest BCUT2D eigenvalue weighted by molar-refractivity contribution is 6.20. The minimum atomic E-state index is -3.80. The number of hydrogen-bond donors (Lipinski definition) is 3. The molecule has 0 bridgehead atoms. The molecule has 3 rings (SSSR count). The van der Waals surface area contributed by atoms with Crippen LogP contribution in [0.4, 0.5) is 20.3 Å². The van der Waals surface area contributed by atoms with Gasteiger partial charge in [-0.25, -0.2) is 4.98 Å². The highest BCUT2D eigenvalue weighted by atomic mass is 35.5. The van der Waals surface area contributed by atoms with E-state index in [-0.39, 0.29) is 17.1 Å². The topological polar surface area (TPSA) is 106 Å². The van der Waals surface area contributed by atoms with Gasteiger partial charge in [-0.2, -0.15) is 5.10 Å². The van der Waals surface area contributed by atoms with Crippen LogP contribution < -0.4 is 15.8 Å². The number of aromatic nitrogens is 3. The van der Waals surface area contributed by atoms with Crippen LogP contribution in [-0.4, -0.2) is 26.7 Å². The molecule has 3 aromatic rings. The van der Waals surface area contributed by atoms with Crippen LogP contribution in [0, 0.1) is 0 Å². The number of nitrogens with zero attached hydrogens (tertiary/aromatic N) is 2. The van der Waals surface area contributed by atoms with Crippen LogP contribution in [0.1, 0.15) is 10.4 Å². The summed E-state index contributed by atoms with van der Waals surface area (Å²) in [5.74, 6) is -0.345. The lowest BCUT2D eigenvalue weighted by molar-refractivity contribution is -0.0964. The third-order valence-electron chi connectivity index (χ3n) is 3.32. The van der Waals surface area contributed by atoms with E-state index in [2.05, 4.69) is 25.2 Å². The second kappa shape index (κ2) is 6.96. The zero-order valence-electron chi connectivity index (χ0n) is 13.0. The first kappa shape index (κ1) is 17.6. The summed E-state index contributed by atoms with van der Waals surface area (Å²) in [6.45, 7) is 0. The third kappa shape index (κ3) is 4.25. The number of carbonyl (C=O) groups is 1. The summed E-state index contributed by atoms with van der Waals surface area (Å²) < 4.78 is 29.4. The number of nitrogens with one attached hydrogen (secondary N) is 2. The quantitative estimate of drug-likeness (QED) is 0.588. The molecule has 134 valence electrons. The molecule has 0 unspecified atom stereocenters. The Kier molecular flexibility index (Phi) is 4.72. The van der Waals surface area contributed by atoms with Gasteiger partial charge in [0.2, 0.25) is 0 Å². The molecule has 0 aliphatic carbocycles. The van der Waals surface area contributed by atoms with Crippen molar-refractivity contribution in [2.24, 2.45) is 0 Å². The van der Waals surface area contributed by atoms with E-state index in [9.17, 15) is 13.6 Å². The first-order chi connectivity index (χ1) is 12.3. The first-order valence-corrected chi connectivity index (χ1v) is 7.62. The molecule has 1 amide bonds. The lowest BCUT2D eigenvalue weighted by Gasteiger charge is -2.11. The van der Waals surface area contributed by atoms with Crippen LogP contribution in [-0.2, 0) is 0 Å². The van der Waals surface area contributed by atoms with E-state index in [0.29, 0.717) is 16.9 Å². The fourth-order valence-electron chi connectivity index (χ4n) is 2.16. The summed E-state index contributed by atoms with van der Waals surface area (Å²) >= 11 is 4.69. The molecule has 0 fully saturated rings. The summed E-state index contributed by atoms with van der Waals surface area (Å²) in [6.07, 6.45) is 2.88. The number of amides is 1. The van der Waals surface area contributed by atoms with Crippen molar-refractivity contribution in [3.8, 4) is 17.0 Å². The van der Waals surface area contributed by atoms with E-state index >= 15 is 0 Å². The van der Waals surface area contributed by atoms with Crippen molar-refractivity contribution in [3.05, 3.63) is 54.4 Å². The Morgan fingerprint density at radius 1 is 1.27 bits per heavy atom. The number of carbonyl (C=O) groups excluding carboxylic acids is 1. The van der Waals surface area contributed by atoms with Gasteiger partial charge in [-0.1, -0.05) is 0 Å². The predicted octanol–water partition coefficient (Wildman–Crippen LogP) is 3.47. The van der Waals surface area contributed by atoms with Crippen molar-refractivity contribution in [1.82, 2.24) is 15.2 Å². The Morgan fingerprint density at radius 2 is 2.00 bits per heavy atom. The number of ether oxygens (including phenoxy) is 1. The number of halogens is 3. The number of benzene rings is 1. The number of anilines is 2. The molecule has 26 heavy (non-hydrogen) atoms. The van der Waals surface area contributed by atoms with Crippen molar-refractivity contribution in [2.45, 2.75) is 5.57 Å².